The molecule has 22 heavy (non-hydrogen) atoms. The number of ether oxygens (including phenoxy) is 1. The second-order valence-electron chi connectivity index (χ2n) is 6.11. The zero-order chi connectivity index (χ0) is 16.3. The molecule has 1 aliphatic rings. The highest BCUT2D eigenvalue weighted by Crippen LogP contribution is 2.22. The molecule has 0 aromatic carbocycles. The number of hydrogen-bond acceptors (Lipinski definition) is 4. The monoisotopic (exact) mass is 306 g/mol. The molecule has 2 heterocycles. The number of carbonyl (C=O) groups excluding carboxylic acids is 2. The third kappa shape index (κ3) is 3.24. The zero-order valence-corrected chi connectivity index (χ0v) is 14.0. The largest absolute Gasteiger partial charge is 0.465 e. The maximum Gasteiger partial charge on any atom is 0.339 e. The molecule has 1 N–H and O–H groups in total. The number of nitrogens with one attached hydrogen (secondary N) is 1. The quantitative estimate of drug-likeness (QED) is 0.686. The molecular weight excluding hydrogens is 280 g/mol. The van der Waals surface area contributed by atoms with Gasteiger partial charge in [-0.3, -0.25) is 9.69 Å². The molecule has 122 valence electrons. The average molecular weight is 306 g/mol. The van der Waals surface area contributed by atoms with Crippen LogP contribution in [0.4, 0.5) is 0 Å². The molecule has 5 heteroatoms. The van der Waals surface area contributed by atoms with Crippen LogP contribution in [0.3, 0.4) is 0 Å². The molecule has 1 saturated heterocycles. The van der Waals surface area contributed by atoms with Crippen molar-refractivity contribution in [2.45, 2.75) is 52.5 Å². The topological polar surface area (TPSA) is 62.4 Å². The molecule has 1 atom stereocenters. The number of esters is 1. The molecule has 0 amide bonds. The van der Waals surface area contributed by atoms with Gasteiger partial charge in [0.05, 0.1) is 24.4 Å². The first kappa shape index (κ1) is 16.7. The van der Waals surface area contributed by atoms with Gasteiger partial charge in [-0.1, -0.05) is 12.8 Å². The van der Waals surface area contributed by atoms with Crippen molar-refractivity contribution in [2.75, 3.05) is 20.2 Å². The Bertz CT molecular complexity index is 554. The smallest absolute Gasteiger partial charge is 0.339 e. The van der Waals surface area contributed by atoms with Crippen molar-refractivity contribution in [1.82, 2.24) is 9.88 Å². The molecule has 1 unspecified atom stereocenters. The number of likely N-dealkylation sites (tertiary alicyclic amines) is 1. The molecule has 1 aromatic heterocycles. The number of nitrogens with zero attached hydrogens (tertiary/aromatic N) is 1. The summed E-state index contributed by atoms with van der Waals surface area (Å²) in [5.41, 5.74) is 2.40. The predicted molar refractivity (Wildman–Crippen MR) is 85.4 cm³/mol. The van der Waals surface area contributed by atoms with Gasteiger partial charge in [-0.15, -0.1) is 0 Å². The van der Waals surface area contributed by atoms with E-state index in [1.807, 2.05) is 6.92 Å². The number of rotatable bonds is 4. The van der Waals surface area contributed by atoms with E-state index in [9.17, 15) is 9.59 Å². The molecule has 1 aliphatic heterocycles. The number of methoxy groups -OCH3 is 1. The maximum absolute atomic E-state index is 12.8. The first-order valence-corrected chi connectivity index (χ1v) is 8.03. The molecule has 5 nitrogen and oxygen atoms in total. The number of hydrogen-bond donors (Lipinski definition) is 1. The standard InChI is InChI=1S/C17H26N2O3/c1-11-14(17(21)22-4)12(2)18-15(11)16(20)13(3)19-9-7-5-6-8-10-19/h13,18H,5-10H2,1-4H3. The molecule has 0 spiro atoms. The Kier molecular flexibility index (Phi) is 5.40. The molecule has 1 fully saturated rings. The molecule has 0 radical (unpaired) electrons. The lowest BCUT2D eigenvalue weighted by Crippen LogP contribution is -2.40. The van der Waals surface area contributed by atoms with Gasteiger partial charge in [0, 0.05) is 5.69 Å². The molecule has 0 aliphatic carbocycles. The van der Waals surface area contributed by atoms with Gasteiger partial charge in [-0.2, -0.15) is 0 Å². The Labute approximate surface area is 132 Å². The molecular formula is C17H26N2O3. The summed E-state index contributed by atoms with van der Waals surface area (Å²) >= 11 is 0. The minimum Gasteiger partial charge on any atom is -0.465 e. The number of aryl methyl sites for hydroxylation is 1. The number of carbonyl (C=O) groups is 2. The Hall–Kier alpha value is -1.62. The number of H-pyrrole nitrogens is 1. The highest BCUT2D eigenvalue weighted by Gasteiger charge is 2.28. The first-order valence-electron chi connectivity index (χ1n) is 8.03. The van der Waals surface area contributed by atoms with Crippen LogP contribution in [0, 0.1) is 13.8 Å². The summed E-state index contributed by atoms with van der Waals surface area (Å²) in [5, 5.41) is 0. The second kappa shape index (κ2) is 7.09. The van der Waals surface area contributed by atoms with Gasteiger partial charge >= 0.3 is 5.97 Å². The van der Waals surface area contributed by atoms with Crippen molar-refractivity contribution in [3.05, 3.63) is 22.5 Å². The Morgan fingerprint density at radius 3 is 2.27 bits per heavy atom. The van der Waals surface area contributed by atoms with Crippen LogP contribution in [-0.4, -0.2) is 47.9 Å². The summed E-state index contributed by atoms with van der Waals surface area (Å²) < 4.78 is 4.80. The van der Waals surface area contributed by atoms with E-state index < -0.39 is 5.97 Å². The van der Waals surface area contributed by atoms with Gasteiger partial charge < -0.3 is 9.72 Å². The first-order chi connectivity index (χ1) is 10.5. The number of ketones is 1. The van der Waals surface area contributed by atoms with E-state index in [4.69, 9.17) is 4.74 Å². The number of Topliss-reactive ketones (excluding diaryl/α,β-unsaturated/α-hetero) is 1. The van der Waals surface area contributed by atoms with Crippen LogP contribution in [0.15, 0.2) is 0 Å². The third-order valence-corrected chi connectivity index (χ3v) is 4.64. The fraction of sp³-hybridized carbons (Fsp3) is 0.647. The summed E-state index contributed by atoms with van der Waals surface area (Å²) in [6.07, 6.45) is 4.77. The van der Waals surface area contributed by atoms with E-state index in [2.05, 4.69) is 9.88 Å². The van der Waals surface area contributed by atoms with Gasteiger partial charge in [0.15, 0.2) is 5.78 Å². The van der Waals surface area contributed by atoms with Gasteiger partial charge in [-0.25, -0.2) is 4.79 Å². The zero-order valence-electron chi connectivity index (χ0n) is 14.0. The summed E-state index contributed by atoms with van der Waals surface area (Å²) in [6.45, 7) is 7.50. The predicted octanol–water partition coefficient (Wildman–Crippen LogP) is 2.87. The Morgan fingerprint density at radius 2 is 1.73 bits per heavy atom. The van der Waals surface area contributed by atoms with Crippen LogP contribution in [0.1, 0.15) is 64.7 Å². The van der Waals surface area contributed by atoms with Crippen molar-refractivity contribution >= 4 is 11.8 Å². The van der Waals surface area contributed by atoms with E-state index in [-0.39, 0.29) is 11.8 Å². The third-order valence-electron chi connectivity index (χ3n) is 4.64. The lowest BCUT2D eigenvalue weighted by molar-refractivity contribution is 0.0599. The normalized spacial score (nSPS) is 17.8. The maximum atomic E-state index is 12.8. The van der Waals surface area contributed by atoms with Crippen molar-refractivity contribution in [1.29, 1.82) is 0 Å². The van der Waals surface area contributed by atoms with Crippen molar-refractivity contribution in [3.8, 4) is 0 Å². The van der Waals surface area contributed by atoms with Crippen LogP contribution < -0.4 is 0 Å². The minimum absolute atomic E-state index is 0.0534. The molecule has 1 aromatic rings. The molecule has 2 rings (SSSR count). The van der Waals surface area contributed by atoms with Gasteiger partial charge in [-0.05, 0) is 52.3 Å². The van der Waals surface area contributed by atoms with E-state index >= 15 is 0 Å². The Balaban J connectivity index is 2.23. The minimum atomic E-state index is -0.396. The summed E-state index contributed by atoms with van der Waals surface area (Å²) in [5.74, 6) is -0.342. The van der Waals surface area contributed by atoms with Gasteiger partial charge in [0.1, 0.15) is 0 Å². The fourth-order valence-corrected chi connectivity index (χ4v) is 3.26. The summed E-state index contributed by atoms with van der Waals surface area (Å²) in [6, 6.07) is -0.166. The van der Waals surface area contributed by atoms with E-state index in [1.165, 1.54) is 20.0 Å². The highest BCUT2D eigenvalue weighted by molar-refractivity contribution is 6.03. The lowest BCUT2D eigenvalue weighted by Gasteiger charge is -2.26. The van der Waals surface area contributed by atoms with Gasteiger partial charge in [0.25, 0.3) is 0 Å². The SMILES string of the molecule is COC(=O)c1c(C)[nH]c(C(=O)C(C)N2CCCCCC2)c1C. The van der Waals surface area contributed by atoms with Crippen LogP contribution in [0.5, 0.6) is 0 Å². The van der Waals surface area contributed by atoms with Crippen molar-refractivity contribution < 1.29 is 14.3 Å². The average Bonchev–Trinajstić information content (AvgIpc) is 2.72. The van der Waals surface area contributed by atoms with Crippen LogP contribution >= 0.6 is 0 Å². The summed E-state index contributed by atoms with van der Waals surface area (Å²) in [7, 11) is 1.36. The van der Waals surface area contributed by atoms with Gasteiger partial charge in [0.2, 0.25) is 0 Å². The fourth-order valence-electron chi connectivity index (χ4n) is 3.26. The van der Waals surface area contributed by atoms with E-state index in [0.29, 0.717) is 22.5 Å². The van der Waals surface area contributed by atoms with Crippen molar-refractivity contribution in [3.63, 3.8) is 0 Å². The van der Waals surface area contributed by atoms with Crippen LogP contribution in [-0.2, 0) is 4.74 Å². The van der Waals surface area contributed by atoms with Crippen molar-refractivity contribution in [2.24, 2.45) is 0 Å². The lowest BCUT2D eigenvalue weighted by atomic mass is 10.0. The number of aromatic nitrogens is 1. The second-order valence-corrected chi connectivity index (χ2v) is 6.11. The number of aromatic amines is 1. The highest BCUT2D eigenvalue weighted by atomic mass is 16.5. The van der Waals surface area contributed by atoms with Crippen LogP contribution in [0.25, 0.3) is 0 Å². The molecule has 0 bridgehead atoms. The van der Waals surface area contributed by atoms with E-state index in [0.717, 1.165) is 25.9 Å². The molecule has 0 saturated carbocycles. The van der Waals surface area contributed by atoms with Crippen LogP contribution in [0.2, 0.25) is 0 Å². The van der Waals surface area contributed by atoms with E-state index in [1.54, 1.807) is 13.8 Å². The Morgan fingerprint density at radius 1 is 1.14 bits per heavy atom. The summed E-state index contributed by atoms with van der Waals surface area (Å²) in [4.78, 5) is 30.0.